The molecule has 1 aromatic heterocycles. The number of imidazole rings is 1. The molecule has 104 valence electrons. The summed E-state index contributed by atoms with van der Waals surface area (Å²) in [5, 5.41) is 2.95. The number of H-pyrrole nitrogens is 1. The number of rotatable bonds is 4. The Kier molecular flexibility index (Phi) is 4.16. The van der Waals surface area contributed by atoms with Crippen molar-refractivity contribution >= 4 is 11.8 Å². The predicted octanol–water partition coefficient (Wildman–Crippen LogP) is -0.602. The second-order valence-electron chi connectivity index (χ2n) is 4.91. The Hall–Kier alpha value is -1.89. The maximum atomic E-state index is 11.9. The van der Waals surface area contributed by atoms with E-state index in [4.69, 9.17) is 5.73 Å². The number of carbonyl (C=O) groups excluding carboxylic acids is 2. The first-order valence-corrected chi connectivity index (χ1v) is 6.37. The van der Waals surface area contributed by atoms with E-state index in [0.717, 1.165) is 31.6 Å². The van der Waals surface area contributed by atoms with Gasteiger partial charge in [0.15, 0.2) is 5.82 Å². The highest BCUT2D eigenvalue weighted by Gasteiger charge is 2.22. The summed E-state index contributed by atoms with van der Waals surface area (Å²) in [6.45, 7) is 3.68. The molecule has 0 radical (unpaired) electrons. The number of nitrogens with zero attached hydrogens (tertiary/aromatic N) is 2. The van der Waals surface area contributed by atoms with Crippen LogP contribution in [-0.4, -0.2) is 52.4 Å². The second-order valence-corrected chi connectivity index (χ2v) is 4.91. The Morgan fingerprint density at radius 3 is 2.74 bits per heavy atom. The fourth-order valence-electron chi connectivity index (χ4n) is 2.24. The number of hydrogen-bond acceptors (Lipinski definition) is 4. The molecule has 0 bridgehead atoms. The van der Waals surface area contributed by atoms with E-state index in [9.17, 15) is 9.59 Å². The predicted molar refractivity (Wildman–Crippen MR) is 69.4 cm³/mol. The number of nitrogens with two attached hydrogens (primary N) is 1. The van der Waals surface area contributed by atoms with Gasteiger partial charge >= 0.3 is 0 Å². The van der Waals surface area contributed by atoms with Crippen LogP contribution in [0.25, 0.3) is 0 Å². The molecule has 0 atom stereocenters. The molecular formula is C12H19N5O2. The first kappa shape index (κ1) is 13.5. The van der Waals surface area contributed by atoms with Gasteiger partial charge in [-0.05, 0) is 19.8 Å². The van der Waals surface area contributed by atoms with E-state index in [1.165, 1.54) is 0 Å². The zero-order valence-corrected chi connectivity index (χ0v) is 11.0. The lowest BCUT2D eigenvalue weighted by molar-refractivity contribution is -0.119. The van der Waals surface area contributed by atoms with Crippen LogP contribution >= 0.6 is 0 Å². The van der Waals surface area contributed by atoms with Gasteiger partial charge in [0.1, 0.15) is 0 Å². The molecule has 0 spiro atoms. The standard InChI is InChI=1S/C12H19N5O2/c1-8-6-14-11(15-8)12(19)16-9-2-4-17(5-3-9)7-10(13)18/h6,9H,2-5,7H2,1H3,(H2,13,18)(H,14,15)(H,16,19). The Balaban J connectivity index is 1.79. The van der Waals surface area contributed by atoms with Gasteiger partial charge in [-0.2, -0.15) is 0 Å². The Morgan fingerprint density at radius 2 is 2.21 bits per heavy atom. The van der Waals surface area contributed by atoms with Gasteiger partial charge in [0.25, 0.3) is 5.91 Å². The summed E-state index contributed by atoms with van der Waals surface area (Å²) < 4.78 is 0. The molecule has 0 unspecified atom stereocenters. The molecule has 2 rings (SSSR count). The van der Waals surface area contributed by atoms with Gasteiger partial charge in [0.2, 0.25) is 5.91 Å². The molecule has 0 aromatic carbocycles. The number of hydrogen-bond donors (Lipinski definition) is 3. The average molecular weight is 265 g/mol. The number of aryl methyl sites for hydroxylation is 1. The molecule has 0 aliphatic carbocycles. The van der Waals surface area contributed by atoms with E-state index in [1.807, 2.05) is 11.8 Å². The molecule has 4 N–H and O–H groups in total. The van der Waals surface area contributed by atoms with Crippen LogP contribution in [0.4, 0.5) is 0 Å². The van der Waals surface area contributed by atoms with E-state index in [-0.39, 0.29) is 24.4 Å². The van der Waals surface area contributed by atoms with E-state index in [2.05, 4.69) is 15.3 Å². The highest BCUT2D eigenvalue weighted by atomic mass is 16.2. The Labute approximate surface area is 111 Å². The molecule has 0 saturated carbocycles. The number of amides is 2. The number of likely N-dealkylation sites (tertiary alicyclic amines) is 1. The van der Waals surface area contributed by atoms with Crippen LogP contribution < -0.4 is 11.1 Å². The van der Waals surface area contributed by atoms with Crippen molar-refractivity contribution in [1.29, 1.82) is 0 Å². The van der Waals surface area contributed by atoms with Crippen molar-refractivity contribution in [3.8, 4) is 0 Å². The summed E-state index contributed by atoms with van der Waals surface area (Å²) in [5.74, 6) is -0.146. The summed E-state index contributed by atoms with van der Waals surface area (Å²) >= 11 is 0. The van der Waals surface area contributed by atoms with Crippen LogP contribution in [0.5, 0.6) is 0 Å². The summed E-state index contributed by atoms with van der Waals surface area (Å²) in [4.78, 5) is 31.6. The second kappa shape index (κ2) is 5.83. The van der Waals surface area contributed by atoms with Crippen molar-refractivity contribution in [2.24, 2.45) is 5.73 Å². The third-order valence-corrected chi connectivity index (χ3v) is 3.22. The lowest BCUT2D eigenvalue weighted by atomic mass is 10.1. The van der Waals surface area contributed by atoms with Crippen molar-refractivity contribution in [3.05, 3.63) is 17.7 Å². The van der Waals surface area contributed by atoms with Crippen LogP contribution in [0.15, 0.2) is 6.20 Å². The Bertz CT molecular complexity index is 462. The molecule has 1 fully saturated rings. The summed E-state index contributed by atoms with van der Waals surface area (Å²) in [6, 6.07) is 0.127. The first-order chi connectivity index (χ1) is 9.04. The van der Waals surface area contributed by atoms with Gasteiger partial charge in [0.05, 0.1) is 6.54 Å². The lowest BCUT2D eigenvalue weighted by Gasteiger charge is -2.31. The van der Waals surface area contributed by atoms with Crippen LogP contribution in [0.2, 0.25) is 0 Å². The first-order valence-electron chi connectivity index (χ1n) is 6.37. The minimum atomic E-state index is -0.312. The monoisotopic (exact) mass is 265 g/mol. The number of primary amides is 1. The SMILES string of the molecule is Cc1cnc(C(=O)NC2CCN(CC(N)=O)CC2)[nH]1. The third kappa shape index (κ3) is 3.78. The molecule has 1 saturated heterocycles. The number of aromatic amines is 1. The number of carbonyl (C=O) groups is 2. The summed E-state index contributed by atoms with van der Waals surface area (Å²) in [6.07, 6.45) is 3.27. The van der Waals surface area contributed by atoms with Gasteiger partial charge in [-0.3, -0.25) is 14.5 Å². The van der Waals surface area contributed by atoms with E-state index in [0.29, 0.717) is 5.82 Å². The lowest BCUT2D eigenvalue weighted by Crippen LogP contribution is -2.46. The number of aromatic nitrogens is 2. The zero-order chi connectivity index (χ0) is 13.8. The van der Waals surface area contributed by atoms with E-state index >= 15 is 0 Å². The van der Waals surface area contributed by atoms with Crippen molar-refractivity contribution in [2.45, 2.75) is 25.8 Å². The molecular weight excluding hydrogens is 246 g/mol. The molecule has 1 aliphatic heterocycles. The van der Waals surface area contributed by atoms with Crippen LogP contribution in [0.1, 0.15) is 29.2 Å². The average Bonchev–Trinajstić information content (AvgIpc) is 2.78. The quantitative estimate of drug-likeness (QED) is 0.676. The molecule has 7 nitrogen and oxygen atoms in total. The molecule has 1 aliphatic rings. The van der Waals surface area contributed by atoms with Gasteiger partial charge < -0.3 is 16.0 Å². The Morgan fingerprint density at radius 1 is 1.53 bits per heavy atom. The van der Waals surface area contributed by atoms with Crippen LogP contribution in [0.3, 0.4) is 0 Å². The van der Waals surface area contributed by atoms with Crippen molar-refractivity contribution in [2.75, 3.05) is 19.6 Å². The highest BCUT2D eigenvalue weighted by Crippen LogP contribution is 2.10. The minimum Gasteiger partial charge on any atom is -0.369 e. The summed E-state index contributed by atoms with van der Waals surface area (Å²) in [7, 11) is 0. The molecule has 7 heteroatoms. The number of piperidine rings is 1. The molecule has 2 amide bonds. The fraction of sp³-hybridized carbons (Fsp3) is 0.583. The van der Waals surface area contributed by atoms with Gasteiger partial charge in [0, 0.05) is 31.0 Å². The highest BCUT2D eigenvalue weighted by molar-refractivity contribution is 5.90. The van der Waals surface area contributed by atoms with Crippen LogP contribution in [0, 0.1) is 6.92 Å². The van der Waals surface area contributed by atoms with E-state index < -0.39 is 0 Å². The third-order valence-electron chi connectivity index (χ3n) is 3.22. The number of nitrogens with one attached hydrogen (secondary N) is 2. The van der Waals surface area contributed by atoms with Gasteiger partial charge in [-0.25, -0.2) is 4.98 Å². The molecule has 1 aromatic rings. The van der Waals surface area contributed by atoms with Crippen molar-refractivity contribution in [3.63, 3.8) is 0 Å². The largest absolute Gasteiger partial charge is 0.369 e. The van der Waals surface area contributed by atoms with Crippen LogP contribution in [-0.2, 0) is 4.79 Å². The smallest absolute Gasteiger partial charge is 0.287 e. The normalized spacial score (nSPS) is 17.3. The zero-order valence-electron chi connectivity index (χ0n) is 11.0. The fourth-order valence-corrected chi connectivity index (χ4v) is 2.24. The van der Waals surface area contributed by atoms with Crippen molar-refractivity contribution in [1.82, 2.24) is 20.2 Å². The van der Waals surface area contributed by atoms with E-state index in [1.54, 1.807) is 6.20 Å². The van der Waals surface area contributed by atoms with Gasteiger partial charge in [-0.15, -0.1) is 0 Å². The maximum absolute atomic E-state index is 11.9. The molecule has 19 heavy (non-hydrogen) atoms. The van der Waals surface area contributed by atoms with Crippen molar-refractivity contribution < 1.29 is 9.59 Å². The topological polar surface area (TPSA) is 104 Å². The summed E-state index contributed by atoms with van der Waals surface area (Å²) in [5.41, 5.74) is 6.02. The van der Waals surface area contributed by atoms with Gasteiger partial charge in [-0.1, -0.05) is 0 Å². The maximum Gasteiger partial charge on any atom is 0.287 e. The minimum absolute atomic E-state index is 0.127. The molecule has 2 heterocycles.